The maximum atomic E-state index is 12.8. The molecular formula is C22H22N4O. The molecule has 5 heteroatoms. The highest BCUT2D eigenvalue weighted by molar-refractivity contribution is 5.93. The molecule has 1 aromatic carbocycles. The van der Waals surface area contributed by atoms with Gasteiger partial charge in [0.15, 0.2) is 5.82 Å². The van der Waals surface area contributed by atoms with E-state index < -0.39 is 0 Å². The SMILES string of the molecule is CCCN(C/C=C/c1ccccc1)C(=O)c1cnc(-c2cccnc2)nc1. The van der Waals surface area contributed by atoms with E-state index >= 15 is 0 Å². The molecule has 136 valence electrons. The second-order valence-corrected chi connectivity index (χ2v) is 6.10. The summed E-state index contributed by atoms with van der Waals surface area (Å²) < 4.78 is 0. The summed E-state index contributed by atoms with van der Waals surface area (Å²) in [4.78, 5) is 27.3. The van der Waals surface area contributed by atoms with E-state index in [1.165, 1.54) is 0 Å². The second-order valence-electron chi connectivity index (χ2n) is 6.10. The summed E-state index contributed by atoms with van der Waals surface area (Å²) in [5.41, 5.74) is 2.43. The van der Waals surface area contributed by atoms with E-state index in [9.17, 15) is 4.79 Å². The van der Waals surface area contributed by atoms with Crippen LogP contribution in [-0.4, -0.2) is 38.8 Å². The number of hydrogen-bond donors (Lipinski definition) is 0. The van der Waals surface area contributed by atoms with Crippen molar-refractivity contribution in [2.45, 2.75) is 13.3 Å². The molecule has 0 unspecified atom stereocenters. The van der Waals surface area contributed by atoms with E-state index in [-0.39, 0.29) is 5.91 Å². The van der Waals surface area contributed by atoms with Crippen LogP contribution in [0.1, 0.15) is 29.3 Å². The number of rotatable bonds is 7. The fourth-order valence-corrected chi connectivity index (χ4v) is 2.69. The van der Waals surface area contributed by atoms with E-state index in [1.54, 1.807) is 24.8 Å². The van der Waals surface area contributed by atoms with Gasteiger partial charge in [0.2, 0.25) is 0 Å². The van der Waals surface area contributed by atoms with Crippen molar-refractivity contribution >= 4 is 12.0 Å². The van der Waals surface area contributed by atoms with Gasteiger partial charge in [-0.3, -0.25) is 9.78 Å². The summed E-state index contributed by atoms with van der Waals surface area (Å²) in [6, 6.07) is 13.8. The molecule has 0 radical (unpaired) electrons. The molecule has 0 N–H and O–H groups in total. The summed E-state index contributed by atoms with van der Waals surface area (Å²) in [5, 5.41) is 0. The van der Waals surface area contributed by atoms with Crippen molar-refractivity contribution in [3.8, 4) is 11.4 Å². The minimum atomic E-state index is -0.0627. The monoisotopic (exact) mass is 358 g/mol. The molecule has 0 bridgehead atoms. The Hall–Kier alpha value is -3.34. The van der Waals surface area contributed by atoms with Gasteiger partial charge in [-0.25, -0.2) is 9.97 Å². The minimum Gasteiger partial charge on any atom is -0.335 e. The van der Waals surface area contributed by atoms with Gasteiger partial charge in [-0.15, -0.1) is 0 Å². The average molecular weight is 358 g/mol. The van der Waals surface area contributed by atoms with Crippen LogP contribution in [0.25, 0.3) is 17.5 Å². The van der Waals surface area contributed by atoms with E-state index in [2.05, 4.69) is 21.9 Å². The molecule has 0 saturated heterocycles. The first-order valence-corrected chi connectivity index (χ1v) is 9.01. The van der Waals surface area contributed by atoms with Crippen LogP contribution >= 0.6 is 0 Å². The number of hydrogen-bond acceptors (Lipinski definition) is 4. The zero-order chi connectivity index (χ0) is 18.9. The number of benzene rings is 1. The second kappa shape index (κ2) is 9.38. The highest BCUT2D eigenvalue weighted by Crippen LogP contribution is 2.13. The van der Waals surface area contributed by atoms with Crippen molar-refractivity contribution in [1.29, 1.82) is 0 Å². The molecule has 0 saturated carbocycles. The quantitative estimate of drug-likeness (QED) is 0.638. The third-order valence-electron chi connectivity index (χ3n) is 4.03. The Kier molecular flexibility index (Phi) is 6.41. The predicted octanol–water partition coefficient (Wildman–Crippen LogP) is 4.10. The zero-order valence-corrected chi connectivity index (χ0v) is 15.3. The molecule has 2 aromatic heterocycles. The largest absolute Gasteiger partial charge is 0.335 e. The molecule has 0 aliphatic carbocycles. The number of aromatic nitrogens is 3. The first-order valence-electron chi connectivity index (χ1n) is 9.01. The fraction of sp³-hybridized carbons (Fsp3) is 0.182. The molecule has 2 heterocycles. The molecule has 3 aromatic rings. The van der Waals surface area contributed by atoms with Gasteiger partial charge < -0.3 is 4.90 Å². The van der Waals surface area contributed by atoms with Crippen LogP contribution in [0.15, 0.2) is 73.3 Å². The summed E-state index contributed by atoms with van der Waals surface area (Å²) >= 11 is 0. The van der Waals surface area contributed by atoms with Crippen molar-refractivity contribution in [1.82, 2.24) is 19.9 Å². The maximum absolute atomic E-state index is 12.8. The first kappa shape index (κ1) is 18.5. The Morgan fingerprint density at radius 1 is 1.04 bits per heavy atom. The van der Waals surface area contributed by atoms with Gasteiger partial charge in [0.1, 0.15) is 0 Å². The van der Waals surface area contributed by atoms with Crippen molar-refractivity contribution < 1.29 is 4.79 Å². The maximum Gasteiger partial charge on any atom is 0.257 e. The highest BCUT2D eigenvalue weighted by Gasteiger charge is 2.15. The van der Waals surface area contributed by atoms with Crippen LogP contribution in [0.3, 0.4) is 0 Å². The van der Waals surface area contributed by atoms with Gasteiger partial charge in [-0.05, 0) is 24.1 Å². The lowest BCUT2D eigenvalue weighted by molar-refractivity contribution is 0.0773. The van der Waals surface area contributed by atoms with Crippen LogP contribution < -0.4 is 0 Å². The van der Waals surface area contributed by atoms with Gasteiger partial charge in [-0.2, -0.15) is 0 Å². The van der Waals surface area contributed by atoms with Gasteiger partial charge >= 0.3 is 0 Å². The topological polar surface area (TPSA) is 59.0 Å². The van der Waals surface area contributed by atoms with Crippen LogP contribution in [0.5, 0.6) is 0 Å². The molecule has 1 amide bonds. The van der Waals surface area contributed by atoms with E-state index in [1.807, 2.05) is 59.5 Å². The Bertz CT molecular complexity index is 877. The number of pyridine rings is 1. The molecule has 5 nitrogen and oxygen atoms in total. The molecule has 0 aliphatic rings. The van der Waals surface area contributed by atoms with Crippen LogP contribution in [0.2, 0.25) is 0 Å². The average Bonchev–Trinajstić information content (AvgIpc) is 2.74. The number of nitrogens with zero attached hydrogens (tertiary/aromatic N) is 4. The third kappa shape index (κ3) is 5.07. The van der Waals surface area contributed by atoms with Crippen LogP contribution in [0, 0.1) is 0 Å². The summed E-state index contributed by atoms with van der Waals surface area (Å²) in [6.45, 7) is 3.29. The summed E-state index contributed by atoms with van der Waals surface area (Å²) in [7, 11) is 0. The molecule has 3 rings (SSSR count). The van der Waals surface area contributed by atoms with E-state index in [0.29, 0.717) is 24.5 Å². The number of amides is 1. The van der Waals surface area contributed by atoms with E-state index in [4.69, 9.17) is 0 Å². The van der Waals surface area contributed by atoms with Crippen LogP contribution in [0.4, 0.5) is 0 Å². The van der Waals surface area contributed by atoms with Gasteiger partial charge in [0, 0.05) is 43.4 Å². The predicted molar refractivity (Wildman–Crippen MR) is 107 cm³/mol. The standard InChI is InChI=1S/C22H22N4O/c1-2-13-26(14-7-10-18-8-4-3-5-9-18)22(27)20-16-24-21(25-17-20)19-11-6-12-23-15-19/h3-12,15-17H,2,13-14H2,1H3/b10-7+. The van der Waals surface area contributed by atoms with Crippen LogP contribution in [-0.2, 0) is 0 Å². The van der Waals surface area contributed by atoms with Gasteiger partial charge in [-0.1, -0.05) is 49.4 Å². The molecule has 0 spiro atoms. The normalized spacial score (nSPS) is 10.9. The molecule has 0 fully saturated rings. The van der Waals surface area contributed by atoms with Crippen molar-refractivity contribution in [2.75, 3.05) is 13.1 Å². The molecule has 0 atom stereocenters. The third-order valence-corrected chi connectivity index (χ3v) is 4.03. The lowest BCUT2D eigenvalue weighted by atomic mass is 10.2. The smallest absolute Gasteiger partial charge is 0.257 e. The van der Waals surface area contributed by atoms with Crippen molar-refractivity contribution in [2.24, 2.45) is 0 Å². The highest BCUT2D eigenvalue weighted by atomic mass is 16.2. The molecule has 27 heavy (non-hydrogen) atoms. The minimum absolute atomic E-state index is 0.0627. The molecule has 0 aliphatic heterocycles. The Labute approximate surface area is 159 Å². The van der Waals surface area contributed by atoms with Gasteiger partial charge in [0.05, 0.1) is 5.56 Å². The Balaban J connectivity index is 1.69. The summed E-state index contributed by atoms with van der Waals surface area (Å²) in [6.07, 6.45) is 11.5. The zero-order valence-electron chi connectivity index (χ0n) is 15.3. The number of carbonyl (C=O) groups is 1. The summed E-state index contributed by atoms with van der Waals surface area (Å²) in [5.74, 6) is 0.498. The Morgan fingerprint density at radius 3 is 2.48 bits per heavy atom. The van der Waals surface area contributed by atoms with Crippen molar-refractivity contribution in [3.05, 3.63) is 84.5 Å². The lowest BCUT2D eigenvalue weighted by Gasteiger charge is -2.20. The molecular weight excluding hydrogens is 336 g/mol. The van der Waals surface area contributed by atoms with E-state index in [0.717, 1.165) is 17.5 Å². The lowest BCUT2D eigenvalue weighted by Crippen LogP contribution is -2.32. The fourth-order valence-electron chi connectivity index (χ4n) is 2.69. The Morgan fingerprint density at radius 2 is 1.81 bits per heavy atom. The number of carbonyl (C=O) groups excluding carboxylic acids is 1. The van der Waals surface area contributed by atoms with Crippen molar-refractivity contribution in [3.63, 3.8) is 0 Å². The first-order chi connectivity index (χ1) is 13.3. The van der Waals surface area contributed by atoms with Gasteiger partial charge in [0.25, 0.3) is 5.91 Å².